The monoisotopic (exact) mass is 864 g/mol. The number of primary amides is 1. The summed E-state index contributed by atoms with van der Waals surface area (Å²) in [5, 5.41) is 34.1. The molecule has 18 heteroatoms. The van der Waals surface area contributed by atoms with Crippen molar-refractivity contribution in [2.24, 2.45) is 5.73 Å². The molecule has 4 atom stereocenters. The number of nitrogens with two attached hydrogens (primary N) is 1. The van der Waals surface area contributed by atoms with Gasteiger partial charge in [-0.15, -0.1) is 0 Å². The molecular weight excluding hydrogens is 813 g/mol. The summed E-state index contributed by atoms with van der Waals surface area (Å²) in [4.78, 5) is 99.6. The number of aliphatic carboxylic acids is 1. The number of benzene rings is 3. The number of aromatic nitrogens is 2. The lowest BCUT2D eigenvalue weighted by Gasteiger charge is -2.27. The topological polar surface area (TPSA) is 284 Å². The fraction of sp³-hybridized carbons (Fsp3) is 0.333. The molecule has 18 nitrogen and oxygen atoms in total. The first-order valence-corrected chi connectivity index (χ1v) is 20.3. The number of alkyl carbamates (subject to hydrolysis) is 1. The number of nitrogens with zero attached hydrogens (tertiary/aromatic N) is 1. The van der Waals surface area contributed by atoms with Crippen molar-refractivity contribution < 1.29 is 48.5 Å². The van der Waals surface area contributed by atoms with Crippen molar-refractivity contribution in [3.05, 3.63) is 108 Å². The van der Waals surface area contributed by atoms with Gasteiger partial charge in [-0.25, -0.2) is 4.79 Å². The van der Waals surface area contributed by atoms with Crippen LogP contribution in [0.15, 0.2) is 91.3 Å². The summed E-state index contributed by atoms with van der Waals surface area (Å²) in [6, 6.07) is 16.7. The Labute approximate surface area is 362 Å². The summed E-state index contributed by atoms with van der Waals surface area (Å²) in [6.45, 7) is 5.10. The molecule has 0 bridgehead atoms. The average Bonchev–Trinajstić information content (AvgIpc) is 3.64. The van der Waals surface area contributed by atoms with Gasteiger partial charge in [0.15, 0.2) is 0 Å². The van der Waals surface area contributed by atoms with E-state index >= 15 is 0 Å². The summed E-state index contributed by atoms with van der Waals surface area (Å²) < 4.78 is 5.45. The molecule has 10 N–H and O–H groups in total. The predicted molar refractivity (Wildman–Crippen MR) is 232 cm³/mol. The normalized spacial score (nSPS) is 13.2. The van der Waals surface area contributed by atoms with Crippen LogP contribution in [0.25, 0.3) is 21.8 Å². The molecule has 0 radical (unpaired) electrons. The van der Waals surface area contributed by atoms with E-state index in [0.29, 0.717) is 28.5 Å². The molecule has 332 valence electrons. The number of carboxylic acid groups (broad SMARTS) is 1. The zero-order chi connectivity index (χ0) is 45.7. The van der Waals surface area contributed by atoms with Crippen LogP contribution < -0.4 is 32.3 Å². The molecule has 6 amide bonds. The molecule has 0 fully saturated rings. The minimum absolute atomic E-state index is 0.00676. The van der Waals surface area contributed by atoms with Gasteiger partial charge in [0.25, 0.3) is 5.91 Å². The number of phenolic OH excluding ortho intramolecular Hbond substituents is 1. The summed E-state index contributed by atoms with van der Waals surface area (Å²) >= 11 is 0. The number of carbonyl (C=O) groups is 7. The number of para-hydroxylation sites is 1. The molecule has 0 unspecified atom stereocenters. The van der Waals surface area contributed by atoms with Gasteiger partial charge in [0.05, 0.1) is 17.5 Å². The van der Waals surface area contributed by atoms with E-state index in [2.05, 4.69) is 36.6 Å². The van der Waals surface area contributed by atoms with E-state index in [0.717, 1.165) is 10.9 Å². The molecule has 0 saturated carbocycles. The number of aromatic amines is 1. The maximum absolute atomic E-state index is 14.2. The van der Waals surface area contributed by atoms with Gasteiger partial charge in [-0.2, -0.15) is 0 Å². The van der Waals surface area contributed by atoms with Crippen molar-refractivity contribution in [3.63, 3.8) is 0 Å². The first-order chi connectivity index (χ1) is 30.0. The Morgan fingerprint density at radius 3 is 2.14 bits per heavy atom. The van der Waals surface area contributed by atoms with Gasteiger partial charge < -0.3 is 52.3 Å². The largest absolute Gasteiger partial charge is 0.507 e. The lowest BCUT2D eigenvalue weighted by molar-refractivity contribution is -0.141. The van der Waals surface area contributed by atoms with Crippen molar-refractivity contribution >= 4 is 63.4 Å². The number of pyridine rings is 1. The van der Waals surface area contributed by atoms with Crippen LogP contribution in [-0.4, -0.2) is 98.1 Å². The van der Waals surface area contributed by atoms with E-state index in [-0.39, 0.29) is 43.5 Å². The molecular formula is C45H52N8O10. The lowest BCUT2D eigenvalue weighted by atomic mass is 10.0. The second kappa shape index (κ2) is 21.3. The molecule has 0 aliphatic carbocycles. The Hall–Kier alpha value is -7.50. The lowest BCUT2D eigenvalue weighted by Crippen LogP contribution is -2.59. The van der Waals surface area contributed by atoms with Gasteiger partial charge in [0.1, 0.15) is 35.5 Å². The van der Waals surface area contributed by atoms with E-state index in [1.807, 2.05) is 24.3 Å². The minimum atomic E-state index is -1.71. The average molecular weight is 865 g/mol. The molecule has 5 aromatic rings. The maximum Gasteiger partial charge on any atom is 0.408 e. The third-order valence-electron chi connectivity index (χ3n) is 9.86. The standard InChI is InChI=1S/C45H52N8O10/c1-45(2,3)63-44(62)53-35(22-27-24-48-31-15-8-7-14-29(27)31)42(60)50-33(16-9-10-19-47-40(58)28-21-30-32(49-25-28)17-11-18-37(30)54)41(59)52-36(23-38(55)56)43(61)51-34(39(46)57)20-26-12-5-4-6-13-26/h4-8,11-15,17-18,21,24-25,33-36,48,54H,9-10,16,19-20,22-23H2,1-3H3,(H2,46,57)(H,47,58)(H,50,60)(H,51,61)(H,52,59)(H,53,62)(H,55,56)/t33-,34-,35-,36-/m0/s1. The minimum Gasteiger partial charge on any atom is -0.507 e. The molecule has 0 aliphatic rings. The summed E-state index contributed by atoms with van der Waals surface area (Å²) in [5.74, 6) is -5.55. The highest BCUT2D eigenvalue weighted by molar-refractivity contribution is 5.99. The van der Waals surface area contributed by atoms with Gasteiger partial charge >= 0.3 is 12.1 Å². The number of carboxylic acids is 1. The first-order valence-electron chi connectivity index (χ1n) is 20.3. The van der Waals surface area contributed by atoms with Gasteiger partial charge in [-0.05, 0) is 75.4 Å². The zero-order valence-electron chi connectivity index (χ0n) is 35.1. The van der Waals surface area contributed by atoms with Crippen molar-refractivity contribution in [3.8, 4) is 5.75 Å². The Morgan fingerprint density at radius 1 is 0.762 bits per heavy atom. The van der Waals surface area contributed by atoms with Gasteiger partial charge in [0, 0.05) is 48.1 Å². The number of phenols is 1. The van der Waals surface area contributed by atoms with Gasteiger partial charge in [-0.1, -0.05) is 54.6 Å². The van der Waals surface area contributed by atoms with Crippen LogP contribution in [-0.2, 0) is 41.6 Å². The highest BCUT2D eigenvalue weighted by Crippen LogP contribution is 2.24. The van der Waals surface area contributed by atoms with Crippen molar-refractivity contribution in [2.75, 3.05) is 6.54 Å². The third kappa shape index (κ3) is 13.8. The number of carbonyl (C=O) groups excluding carboxylic acids is 6. The smallest absolute Gasteiger partial charge is 0.408 e. The fourth-order valence-corrected chi connectivity index (χ4v) is 6.76. The Kier molecular flexibility index (Phi) is 15.8. The number of hydrogen-bond acceptors (Lipinski definition) is 10. The van der Waals surface area contributed by atoms with E-state index in [4.69, 9.17) is 10.5 Å². The summed E-state index contributed by atoms with van der Waals surface area (Å²) in [5.41, 5.74) is 7.51. The number of hydrogen-bond donors (Lipinski definition) is 9. The number of amides is 6. The maximum atomic E-state index is 14.2. The van der Waals surface area contributed by atoms with Crippen molar-refractivity contribution in [1.82, 2.24) is 36.6 Å². The molecule has 0 saturated heterocycles. The zero-order valence-corrected chi connectivity index (χ0v) is 35.1. The predicted octanol–water partition coefficient (Wildman–Crippen LogP) is 3.11. The number of unbranched alkanes of at least 4 members (excludes halogenated alkanes) is 1. The quantitative estimate of drug-likeness (QED) is 0.0513. The Morgan fingerprint density at radius 2 is 1.43 bits per heavy atom. The number of aromatic hydroxyl groups is 1. The number of rotatable bonds is 20. The van der Waals surface area contributed by atoms with Gasteiger partial charge in [0.2, 0.25) is 23.6 Å². The SMILES string of the molecule is CC(C)(C)OC(=O)N[C@@H](Cc1c[nH]c2ccccc12)C(=O)N[C@@H](CCCCNC(=O)c1cnc2cccc(O)c2c1)C(=O)N[C@@H](CC(=O)O)C(=O)N[C@@H](Cc1ccccc1)C(N)=O. The molecule has 5 rings (SSSR count). The van der Waals surface area contributed by atoms with E-state index < -0.39 is 77.8 Å². The molecule has 2 heterocycles. The van der Waals surface area contributed by atoms with Crippen LogP contribution in [0.3, 0.4) is 0 Å². The van der Waals surface area contributed by atoms with Crippen LogP contribution in [0.4, 0.5) is 4.79 Å². The van der Waals surface area contributed by atoms with Crippen LogP contribution in [0.1, 0.15) is 67.9 Å². The molecule has 3 aromatic carbocycles. The number of ether oxygens (including phenoxy) is 1. The molecule has 63 heavy (non-hydrogen) atoms. The summed E-state index contributed by atoms with van der Waals surface area (Å²) in [7, 11) is 0. The van der Waals surface area contributed by atoms with E-state index in [1.54, 1.807) is 69.4 Å². The van der Waals surface area contributed by atoms with Crippen molar-refractivity contribution in [1.29, 1.82) is 0 Å². The highest BCUT2D eigenvalue weighted by Gasteiger charge is 2.33. The second-order valence-electron chi connectivity index (χ2n) is 16.0. The van der Waals surface area contributed by atoms with Crippen LogP contribution in [0, 0.1) is 0 Å². The number of nitrogens with one attached hydrogen (secondary N) is 6. The van der Waals surface area contributed by atoms with Crippen LogP contribution >= 0.6 is 0 Å². The highest BCUT2D eigenvalue weighted by atomic mass is 16.6. The molecule has 0 aliphatic heterocycles. The van der Waals surface area contributed by atoms with E-state index in [1.165, 1.54) is 18.3 Å². The van der Waals surface area contributed by atoms with Crippen LogP contribution in [0.2, 0.25) is 0 Å². The van der Waals surface area contributed by atoms with E-state index in [9.17, 15) is 43.8 Å². The van der Waals surface area contributed by atoms with Crippen LogP contribution in [0.5, 0.6) is 5.75 Å². The Balaban J connectivity index is 1.34. The fourth-order valence-electron chi connectivity index (χ4n) is 6.76. The second-order valence-corrected chi connectivity index (χ2v) is 16.0. The third-order valence-corrected chi connectivity index (χ3v) is 9.86. The van der Waals surface area contributed by atoms with Gasteiger partial charge in [-0.3, -0.25) is 33.8 Å². The number of H-pyrrole nitrogens is 1. The van der Waals surface area contributed by atoms with Crippen molar-refractivity contribution in [2.45, 2.75) is 89.1 Å². The molecule has 0 spiro atoms. The Bertz CT molecular complexity index is 2450. The first kappa shape index (κ1) is 46.6. The molecule has 2 aromatic heterocycles. The summed E-state index contributed by atoms with van der Waals surface area (Å²) in [6.07, 6.45) is 1.71. The number of fused-ring (bicyclic) bond motifs is 2.